The van der Waals surface area contributed by atoms with E-state index < -0.39 is 23.7 Å². The van der Waals surface area contributed by atoms with Crippen LogP contribution in [-0.2, 0) is 4.79 Å². The molecule has 0 aliphatic rings. The topological polar surface area (TPSA) is 95.5 Å². The highest BCUT2D eigenvalue weighted by atomic mass is 32.2. The summed E-state index contributed by atoms with van der Waals surface area (Å²) in [7, 11) is 0. The molecule has 0 spiro atoms. The maximum atomic E-state index is 13.4. The van der Waals surface area contributed by atoms with Crippen LogP contribution in [0.25, 0.3) is 0 Å². The van der Waals surface area contributed by atoms with E-state index in [0.29, 0.717) is 6.54 Å². The van der Waals surface area contributed by atoms with Crippen molar-refractivity contribution >= 4 is 29.7 Å². The van der Waals surface area contributed by atoms with Gasteiger partial charge in [-0.1, -0.05) is 0 Å². The van der Waals surface area contributed by atoms with Gasteiger partial charge in [-0.25, -0.2) is 14.0 Å². The van der Waals surface area contributed by atoms with Crippen LogP contribution in [0.1, 0.15) is 17.3 Å². The largest absolute Gasteiger partial charge is 0.478 e. The van der Waals surface area contributed by atoms with Crippen molar-refractivity contribution in [2.24, 2.45) is 0 Å². The lowest BCUT2D eigenvalue weighted by Crippen LogP contribution is -2.40. The summed E-state index contributed by atoms with van der Waals surface area (Å²) < 4.78 is 13.4. The van der Waals surface area contributed by atoms with Gasteiger partial charge in [-0.05, 0) is 25.1 Å². The van der Waals surface area contributed by atoms with E-state index in [-0.39, 0.29) is 16.2 Å². The molecule has 1 rings (SSSR count). The Labute approximate surface area is 118 Å². The van der Waals surface area contributed by atoms with Crippen LogP contribution in [0.15, 0.2) is 23.1 Å². The maximum absolute atomic E-state index is 13.4. The number of aromatic carboxylic acids is 1. The third kappa shape index (κ3) is 4.88. The molecule has 108 valence electrons. The van der Waals surface area contributed by atoms with Gasteiger partial charge in [0.05, 0.1) is 11.3 Å². The number of rotatable bonds is 5. The molecule has 0 atom stereocenters. The van der Waals surface area contributed by atoms with Crippen molar-refractivity contribution in [2.45, 2.75) is 11.8 Å². The number of imide groups is 1. The highest BCUT2D eigenvalue weighted by Gasteiger charge is 2.12. The summed E-state index contributed by atoms with van der Waals surface area (Å²) in [6.45, 7) is 2.08. The molecule has 3 amide bonds. The molecule has 0 unspecified atom stereocenters. The van der Waals surface area contributed by atoms with E-state index in [1.165, 1.54) is 0 Å². The number of hydrogen-bond donors (Lipinski definition) is 3. The third-order valence-electron chi connectivity index (χ3n) is 2.13. The molecule has 8 heteroatoms. The fourth-order valence-corrected chi connectivity index (χ4v) is 2.03. The highest BCUT2D eigenvalue weighted by Crippen LogP contribution is 2.22. The average Bonchev–Trinajstić information content (AvgIpc) is 2.37. The van der Waals surface area contributed by atoms with Crippen LogP contribution in [-0.4, -0.2) is 35.3 Å². The van der Waals surface area contributed by atoms with Crippen molar-refractivity contribution in [3.05, 3.63) is 29.6 Å². The van der Waals surface area contributed by atoms with Crippen molar-refractivity contribution in [1.82, 2.24) is 10.6 Å². The van der Waals surface area contributed by atoms with E-state index in [1.54, 1.807) is 6.92 Å². The molecular weight excluding hydrogens is 287 g/mol. The van der Waals surface area contributed by atoms with Crippen LogP contribution in [0.2, 0.25) is 0 Å². The lowest BCUT2D eigenvalue weighted by molar-refractivity contribution is -0.117. The quantitative estimate of drug-likeness (QED) is 0.716. The molecule has 0 radical (unpaired) electrons. The fourth-order valence-electron chi connectivity index (χ4n) is 1.26. The summed E-state index contributed by atoms with van der Waals surface area (Å²) in [5.74, 6) is -2.59. The molecule has 0 aliphatic carbocycles. The van der Waals surface area contributed by atoms with Gasteiger partial charge >= 0.3 is 12.0 Å². The Morgan fingerprint density at radius 2 is 2.05 bits per heavy atom. The predicted octanol–water partition coefficient (Wildman–Crippen LogP) is 1.46. The zero-order chi connectivity index (χ0) is 15.1. The summed E-state index contributed by atoms with van der Waals surface area (Å²) in [4.78, 5) is 33.3. The van der Waals surface area contributed by atoms with Crippen molar-refractivity contribution < 1.29 is 23.9 Å². The summed E-state index contributed by atoms with van der Waals surface area (Å²) in [5.41, 5.74) is -0.0713. The Bertz CT molecular complexity index is 536. The zero-order valence-corrected chi connectivity index (χ0v) is 11.4. The van der Waals surface area contributed by atoms with Gasteiger partial charge in [0, 0.05) is 11.4 Å². The lowest BCUT2D eigenvalue weighted by Gasteiger charge is -2.06. The Morgan fingerprint density at radius 1 is 1.35 bits per heavy atom. The molecule has 0 saturated carbocycles. The second-order valence-electron chi connectivity index (χ2n) is 3.65. The molecule has 0 heterocycles. The zero-order valence-electron chi connectivity index (χ0n) is 10.6. The van der Waals surface area contributed by atoms with Gasteiger partial charge < -0.3 is 10.4 Å². The number of nitrogens with one attached hydrogen (secondary N) is 2. The summed E-state index contributed by atoms with van der Waals surface area (Å²) in [5, 5.41) is 13.2. The molecule has 3 N–H and O–H groups in total. The predicted molar refractivity (Wildman–Crippen MR) is 71.3 cm³/mol. The minimum atomic E-state index is -1.18. The number of benzene rings is 1. The van der Waals surface area contributed by atoms with E-state index in [1.807, 2.05) is 0 Å². The Balaban J connectivity index is 2.61. The molecule has 0 aromatic heterocycles. The molecule has 0 fully saturated rings. The van der Waals surface area contributed by atoms with Crippen molar-refractivity contribution in [1.29, 1.82) is 0 Å². The van der Waals surface area contributed by atoms with Gasteiger partial charge in [0.15, 0.2) is 0 Å². The van der Waals surface area contributed by atoms with Crippen molar-refractivity contribution in [2.75, 3.05) is 12.3 Å². The van der Waals surface area contributed by atoms with Crippen LogP contribution in [0.3, 0.4) is 0 Å². The number of carboxylic acid groups (broad SMARTS) is 1. The molecule has 20 heavy (non-hydrogen) atoms. The monoisotopic (exact) mass is 300 g/mol. The Morgan fingerprint density at radius 3 is 2.65 bits per heavy atom. The number of urea groups is 1. The fraction of sp³-hybridized carbons (Fsp3) is 0.250. The number of carbonyl (C=O) groups excluding carboxylic acids is 2. The van der Waals surface area contributed by atoms with Crippen LogP contribution < -0.4 is 10.6 Å². The molecule has 0 aliphatic heterocycles. The molecule has 1 aromatic rings. The number of thioether (sulfide) groups is 1. The minimum Gasteiger partial charge on any atom is -0.478 e. The molecule has 0 saturated heterocycles. The van der Waals surface area contributed by atoms with Gasteiger partial charge in [-0.15, -0.1) is 11.8 Å². The number of carboxylic acids is 1. The van der Waals surface area contributed by atoms with Gasteiger partial charge in [0.25, 0.3) is 0 Å². The van der Waals surface area contributed by atoms with E-state index >= 15 is 0 Å². The van der Waals surface area contributed by atoms with E-state index in [9.17, 15) is 18.8 Å². The van der Waals surface area contributed by atoms with Crippen LogP contribution >= 0.6 is 11.8 Å². The van der Waals surface area contributed by atoms with E-state index in [2.05, 4.69) is 10.6 Å². The molecule has 6 nitrogen and oxygen atoms in total. The van der Waals surface area contributed by atoms with Gasteiger partial charge in [0.1, 0.15) is 5.82 Å². The standard InChI is InChI=1S/C12H13FN2O4S/c1-2-14-12(19)15-10(16)6-20-9-5-7(11(17)18)3-4-8(9)13/h3-5H,2,6H2,1H3,(H,17,18)(H2,14,15,16,19). The maximum Gasteiger partial charge on any atom is 0.335 e. The highest BCUT2D eigenvalue weighted by molar-refractivity contribution is 8.00. The SMILES string of the molecule is CCNC(=O)NC(=O)CSc1cc(C(=O)O)ccc1F. The summed E-state index contributed by atoms with van der Waals surface area (Å²) in [6.07, 6.45) is 0. The Hall–Kier alpha value is -2.09. The van der Waals surface area contributed by atoms with Crippen molar-refractivity contribution in [3.8, 4) is 0 Å². The first-order valence-corrected chi connectivity index (χ1v) is 6.66. The lowest BCUT2D eigenvalue weighted by atomic mass is 10.2. The van der Waals surface area contributed by atoms with E-state index in [0.717, 1.165) is 30.0 Å². The molecular formula is C12H13FN2O4S. The molecule has 1 aromatic carbocycles. The van der Waals surface area contributed by atoms with Gasteiger partial charge in [-0.2, -0.15) is 0 Å². The van der Waals surface area contributed by atoms with Gasteiger partial charge in [0.2, 0.25) is 5.91 Å². The minimum absolute atomic E-state index is 0.0379. The first-order valence-electron chi connectivity index (χ1n) is 5.67. The van der Waals surface area contributed by atoms with Gasteiger partial charge in [-0.3, -0.25) is 10.1 Å². The normalized spacial score (nSPS) is 9.90. The second kappa shape index (κ2) is 7.49. The third-order valence-corrected chi connectivity index (χ3v) is 3.16. The number of hydrogen-bond acceptors (Lipinski definition) is 4. The first-order chi connectivity index (χ1) is 9.43. The summed E-state index contributed by atoms with van der Waals surface area (Å²) in [6, 6.07) is 2.67. The van der Waals surface area contributed by atoms with Crippen LogP contribution in [0, 0.1) is 5.82 Å². The smallest absolute Gasteiger partial charge is 0.335 e. The number of carbonyl (C=O) groups is 3. The average molecular weight is 300 g/mol. The Kier molecular flexibility index (Phi) is 5.98. The van der Waals surface area contributed by atoms with Crippen molar-refractivity contribution in [3.63, 3.8) is 0 Å². The molecule has 0 bridgehead atoms. The number of halogens is 1. The van der Waals surface area contributed by atoms with Crippen LogP contribution in [0.5, 0.6) is 0 Å². The number of amides is 3. The first kappa shape index (κ1) is 16.0. The second-order valence-corrected chi connectivity index (χ2v) is 4.66. The summed E-state index contributed by atoms with van der Waals surface area (Å²) >= 11 is 0.816. The van der Waals surface area contributed by atoms with Crippen LogP contribution in [0.4, 0.5) is 9.18 Å². The van der Waals surface area contributed by atoms with E-state index in [4.69, 9.17) is 5.11 Å².